The van der Waals surface area contributed by atoms with Crippen molar-refractivity contribution in [3.63, 3.8) is 0 Å². The van der Waals surface area contributed by atoms with Crippen LogP contribution in [0.1, 0.15) is 41.1 Å². The fourth-order valence-corrected chi connectivity index (χ4v) is 3.73. The molecule has 2 aliphatic rings. The van der Waals surface area contributed by atoms with E-state index >= 15 is 0 Å². The van der Waals surface area contributed by atoms with Gasteiger partial charge in [-0.3, -0.25) is 4.79 Å². The molecule has 4 heterocycles. The molecular formula is C14H16N4O3S. The molecule has 2 fully saturated rings. The second kappa shape index (κ2) is 5.44. The Morgan fingerprint density at radius 3 is 3.14 bits per heavy atom. The van der Waals surface area contributed by atoms with Gasteiger partial charge in [0.25, 0.3) is 5.91 Å². The number of amides is 1. The lowest BCUT2D eigenvalue weighted by molar-refractivity contribution is -0.00760. The molecule has 0 bridgehead atoms. The lowest BCUT2D eigenvalue weighted by Gasteiger charge is -2.33. The number of fused-ring (bicyclic) bond motifs is 1. The fourth-order valence-electron chi connectivity index (χ4n) is 3.21. The highest BCUT2D eigenvalue weighted by Gasteiger charge is 2.42. The van der Waals surface area contributed by atoms with Crippen LogP contribution in [0.4, 0.5) is 0 Å². The van der Waals surface area contributed by atoms with Gasteiger partial charge in [-0.05, 0) is 18.8 Å². The lowest BCUT2D eigenvalue weighted by Crippen LogP contribution is -2.45. The maximum Gasteiger partial charge on any atom is 0.273 e. The van der Waals surface area contributed by atoms with Crippen molar-refractivity contribution in [1.82, 2.24) is 20.0 Å². The van der Waals surface area contributed by atoms with Crippen LogP contribution in [0.15, 0.2) is 15.4 Å². The van der Waals surface area contributed by atoms with Crippen LogP contribution in [0.25, 0.3) is 0 Å². The maximum absolute atomic E-state index is 12.4. The molecule has 22 heavy (non-hydrogen) atoms. The zero-order valence-corrected chi connectivity index (χ0v) is 13.0. The highest BCUT2D eigenvalue weighted by molar-refractivity contribution is 7.07. The third-order valence-corrected chi connectivity index (χ3v) is 4.91. The van der Waals surface area contributed by atoms with E-state index in [-0.39, 0.29) is 18.1 Å². The summed E-state index contributed by atoms with van der Waals surface area (Å²) in [6.45, 7) is 3.12. The van der Waals surface area contributed by atoms with E-state index < -0.39 is 0 Å². The second-order valence-corrected chi connectivity index (χ2v) is 6.46. The van der Waals surface area contributed by atoms with E-state index in [1.54, 1.807) is 17.8 Å². The minimum atomic E-state index is -0.123. The summed E-state index contributed by atoms with van der Waals surface area (Å²) < 4.78 is 11.1. The number of ether oxygens (including phenoxy) is 1. The number of rotatable bonds is 2. The van der Waals surface area contributed by atoms with Crippen molar-refractivity contribution in [1.29, 1.82) is 0 Å². The summed E-state index contributed by atoms with van der Waals surface area (Å²) in [5, 5.41) is 5.74. The Morgan fingerprint density at radius 1 is 1.50 bits per heavy atom. The van der Waals surface area contributed by atoms with Crippen molar-refractivity contribution < 1.29 is 14.1 Å². The molecule has 0 aromatic carbocycles. The number of carbonyl (C=O) groups is 1. The smallest absolute Gasteiger partial charge is 0.273 e. The predicted octanol–water partition coefficient (Wildman–Crippen LogP) is 1.83. The summed E-state index contributed by atoms with van der Waals surface area (Å²) in [5.74, 6) is 1.60. The van der Waals surface area contributed by atoms with Crippen LogP contribution in [0.3, 0.4) is 0 Å². The Morgan fingerprint density at radius 2 is 2.41 bits per heavy atom. The topological polar surface area (TPSA) is 81.4 Å². The van der Waals surface area contributed by atoms with Gasteiger partial charge in [0.05, 0.1) is 11.6 Å². The Labute approximate surface area is 131 Å². The number of likely N-dealkylation sites (tertiary alicyclic amines) is 1. The van der Waals surface area contributed by atoms with Gasteiger partial charge >= 0.3 is 0 Å². The number of aromatic nitrogens is 3. The third-order valence-electron chi connectivity index (χ3n) is 4.32. The van der Waals surface area contributed by atoms with Gasteiger partial charge < -0.3 is 14.2 Å². The van der Waals surface area contributed by atoms with Crippen molar-refractivity contribution in [3.05, 3.63) is 28.3 Å². The van der Waals surface area contributed by atoms with Gasteiger partial charge in [-0.1, -0.05) is 5.16 Å². The Bertz CT molecular complexity index is 671. The van der Waals surface area contributed by atoms with Crippen molar-refractivity contribution in [2.45, 2.75) is 32.0 Å². The number of aryl methyl sites for hydroxylation is 1. The molecular weight excluding hydrogens is 304 g/mol. The van der Waals surface area contributed by atoms with E-state index in [0.29, 0.717) is 29.9 Å². The van der Waals surface area contributed by atoms with E-state index in [4.69, 9.17) is 9.26 Å². The summed E-state index contributed by atoms with van der Waals surface area (Å²) >= 11 is 1.43. The number of nitrogens with zero attached hydrogens (tertiary/aromatic N) is 4. The first kappa shape index (κ1) is 13.8. The van der Waals surface area contributed by atoms with Gasteiger partial charge in [-0.25, -0.2) is 4.98 Å². The number of carbonyl (C=O) groups excluding carboxylic acids is 1. The largest absolute Gasteiger partial charge is 0.365 e. The van der Waals surface area contributed by atoms with Crippen LogP contribution in [-0.4, -0.2) is 45.1 Å². The Kier molecular flexibility index (Phi) is 3.42. The monoisotopic (exact) mass is 320 g/mol. The summed E-state index contributed by atoms with van der Waals surface area (Å²) in [5.41, 5.74) is 2.20. The molecule has 7 nitrogen and oxygen atoms in total. The molecule has 0 unspecified atom stereocenters. The van der Waals surface area contributed by atoms with Gasteiger partial charge in [0.15, 0.2) is 0 Å². The number of piperidine rings is 1. The minimum Gasteiger partial charge on any atom is -0.365 e. The van der Waals surface area contributed by atoms with Crippen LogP contribution >= 0.6 is 11.3 Å². The highest BCUT2D eigenvalue weighted by Crippen LogP contribution is 2.40. The normalized spacial score (nSPS) is 27.9. The van der Waals surface area contributed by atoms with Crippen LogP contribution in [-0.2, 0) is 4.74 Å². The zero-order chi connectivity index (χ0) is 15.1. The van der Waals surface area contributed by atoms with Crippen LogP contribution in [0, 0.1) is 12.8 Å². The van der Waals surface area contributed by atoms with Crippen molar-refractivity contribution >= 4 is 17.2 Å². The Balaban J connectivity index is 1.44. The first-order valence-corrected chi connectivity index (χ1v) is 8.28. The molecule has 4 rings (SSSR count). The van der Waals surface area contributed by atoms with Crippen molar-refractivity contribution in [3.8, 4) is 0 Å². The zero-order valence-electron chi connectivity index (χ0n) is 12.1. The van der Waals surface area contributed by atoms with Gasteiger partial charge in [-0.15, -0.1) is 11.3 Å². The van der Waals surface area contributed by atoms with E-state index in [1.807, 2.05) is 4.90 Å². The molecule has 2 aliphatic heterocycles. The molecule has 0 spiro atoms. The predicted molar refractivity (Wildman–Crippen MR) is 77.4 cm³/mol. The van der Waals surface area contributed by atoms with Gasteiger partial charge in [0.2, 0.25) is 11.7 Å². The van der Waals surface area contributed by atoms with Crippen molar-refractivity contribution in [2.75, 3.05) is 13.1 Å². The average molecular weight is 320 g/mol. The minimum absolute atomic E-state index is 0.0119. The SMILES string of the molecule is Cc1nc([C@H]2C[C@@H]3CCN(C(=O)c4cscn4)C[C@H]3O2)no1. The lowest BCUT2D eigenvalue weighted by atomic mass is 9.91. The van der Waals surface area contributed by atoms with E-state index in [2.05, 4.69) is 15.1 Å². The van der Waals surface area contributed by atoms with Gasteiger partial charge in [-0.2, -0.15) is 4.98 Å². The van der Waals surface area contributed by atoms with Crippen LogP contribution in [0.2, 0.25) is 0 Å². The third kappa shape index (κ3) is 2.42. The summed E-state index contributed by atoms with van der Waals surface area (Å²) in [4.78, 5) is 22.6. The van der Waals surface area contributed by atoms with Crippen LogP contribution in [0.5, 0.6) is 0 Å². The summed E-state index contributed by atoms with van der Waals surface area (Å²) in [7, 11) is 0. The van der Waals surface area contributed by atoms with Gasteiger partial charge in [0, 0.05) is 25.4 Å². The fraction of sp³-hybridized carbons (Fsp3) is 0.571. The highest BCUT2D eigenvalue weighted by atomic mass is 32.1. The number of hydrogen-bond donors (Lipinski definition) is 0. The second-order valence-electron chi connectivity index (χ2n) is 5.74. The molecule has 2 aromatic rings. The molecule has 8 heteroatoms. The molecule has 116 valence electrons. The average Bonchev–Trinajstić information content (AvgIpc) is 3.25. The van der Waals surface area contributed by atoms with E-state index in [0.717, 1.165) is 19.4 Å². The summed E-state index contributed by atoms with van der Waals surface area (Å²) in [6.07, 6.45) is 1.75. The van der Waals surface area contributed by atoms with Crippen molar-refractivity contribution in [2.24, 2.45) is 5.92 Å². The molecule has 0 radical (unpaired) electrons. The first-order valence-electron chi connectivity index (χ1n) is 7.34. The van der Waals surface area contributed by atoms with E-state index in [9.17, 15) is 4.79 Å². The quantitative estimate of drug-likeness (QED) is 0.839. The number of hydrogen-bond acceptors (Lipinski definition) is 7. The molecule has 2 saturated heterocycles. The number of thiazole rings is 1. The molecule has 3 atom stereocenters. The molecule has 0 N–H and O–H groups in total. The van der Waals surface area contributed by atoms with Gasteiger partial charge in [0.1, 0.15) is 11.8 Å². The standard InChI is InChI=1S/C14H16N4O3S/c1-8-16-13(17-21-8)11-4-9-2-3-18(5-12(9)20-11)14(19)10-6-22-7-15-10/h6-7,9,11-12H,2-5H2,1H3/t9-,11+,12+/m0/s1. The van der Waals surface area contributed by atoms with Crippen LogP contribution < -0.4 is 0 Å². The molecule has 0 aliphatic carbocycles. The maximum atomic E-state index is 12.4. The summed E-state index contributed by atoms with van der Waals surface area (Å²) in [6, 6.07) is 0. The molecule has 0 saturated carbocycles. The molecule has 1 amide bonds. The first-order chi connectivity index (χ1) is 10.7. The Hall–Kier alpha value is -1.80. The molecule has 2 aromatic heterocycles. The van der Waals surface area contributed by atoms with E-state index in [1.165, 1.54) is 11.3 Å².